The normalized spacial score (nSPS) is 15.6. The van der Waals surface area contributed by atoms with Crippen molar-refractivity contribution in [2.75, 3.05) is 125 Å². The molecule has 0 aromatic heterocycles. The van der Waals surface area contributed by atoms with Crippen molar-refractivity contribution in [1.29, 1.82) is 0 Å². The molecule has 1 saturated heterocycles. The summed E-state index contributed by atoms with van der Waals surface area (Å²) < 4.78 is 71.7. The molecule has 0 aliphatic carbocycles. The van der Waals surface area contributed by atoms with Crippen molar-refractivity contribution in [3.05, 3.63) is 59.7 Å². The number of carbonyl (C=O) groups excluding carboxylic acids is 2. The molecule has 18 heteroatoms. The number of nitrogens with zero attached hydrogens (tertiary/aromatic N) is 1. The molecule has 65 heavy (non-hydrogen) atoms. The van der Waals surface area contributed by atoms with Crippen LogP contribution in [-0.4, -0.2) is 173 Å². The lowest BCUT2D eigenvalue weighted by molar-refractivity contribution is -0.163. The van der Waals surface area contributed by atoms with Crippen LogP contribution in [0, 0.1) is 0 Å². The largest absolute Gasteiger partial charge is 0.491 e. The molecule has 1 heterocycles. The van der Waals surface area contributed by atoms with E-state index < -0.39 is 33.4 Å². The van der Waals surface area contributed by atoms with Crippen LogP contribution >= 0.6 is 0 Å². The van der Waals surface area contributed by atoms with E-state index in [-0.39, 0.29) is 18.4 Å². The van der Waals surface area contributed by atoms with Crippen LogP contribution in [0.25, 0.3) is 0 Å². The maximum atomic E-state index is 13.3. The number of esters is 2. The fourth-order valence-electron chi connectivity index (χ4n) is 6.11. The highest BCUT2D eigenvalue weighted by molar-refractivity contribution is 7.86. The lowest BCUT2D eigenvalue weighted by atomic mass is 10.0. The van der Waals surface area contributed by atoms with Crippen LogP contribution < -0.4 is 25.4 Å². The second kappa shape index (κ2) is 32.3. The third kappa shape index (κ3) is 29.8. The molecule has 1 fully saturated rings. The molecule has 2 atom stereocenters. The molecule has 3 rings (SSSR count). The lowest BCUT2D eigenvalue weighted by Crippen LogP contribution is -2.51. The minimum absolute atomic E-state index is 0.0583. The Labute approximate surface area is 389 Å². The van der Waals surface area contributed by atoms with Crippen LogP contribution in [0.2, 0.25) is 0 Å². The van der Waals surface area contributed by atoms with Crippen molar-refractivity contribution in [2.45, 2.75) is 91.6 Å². The van der Waals surface area contributed by atoms with E-state index >= 15 is 0 Å². The summed E-state index contributed by atoms with van der Waals surface area (Å²) in [6.45, 7) is 27.1. The van der Waals surface area contributed by atoms with Gasteiger partial charge >= 0.3 is 11.9 Å². The topological polar surface area (TPSA) is 191 Å². The molecular weight excluding hydrogens is 861 g/mol. The Morgan fingerprint density at radius 3 is 1.37 bits per heavy atom. The van der Waals surface area contributed by atoms with E-state index in [1.807, 2.05) is 58.9 Å². The summed E-state index contributed by atoms with van der Waals surface area (Å²) in [6, 6.07) is 14.6. The SMILES string of the molecule is CCOCCOCCOc1ccc(C[C@H](C(=O)OC(C)(C)C)N2CCNCCNCCNCC2)cc1.CCOCCOCCOc1ccc(C[C@H](OS(C)(=O)=O)C(=O)OC(C)(C)C)cc1. The zero-order valence-corrected chi connectivity index (χ0v) is 41.4. The van der Waals surface area contributed by atoms with Gasteiger partial charge in [-0.2, -0.15) is 8.42 Å². The fourth-order valence-corrected chi connectivity index (χ4v) is 6.68. The predicted octanol–water partition coefficient (Wildman–Crippen LogP) is 3.80. The monoisotopic (exact) mass is 941 g/mol. The number of hydrogen-bond acceptors (Lipinski definition) is 17. The summed E-state index contributed by atoms with van der Waals surface area (Å²) in [5.41, 5.74) is 0.498. The van der Waals surface area contributed by atoms with Gasteiger partial charge in [0.15, 0.2) is 6.10 Å². The zero-order chi connectivity index (χ0) is 48.0. The van der Waals surface area contributed by atoms with E-state index in [9.17, 15) is 18.0 Å². The number of nitrogens with one attached hydrogen (secondary N) is 3. The lowest BCUT2D eigenvalue weighted by Gasteiger charge is -2.33. The minimum Gasteiger partial charge on any atom is -0.491 e. The van der Waals surface area contributed by atoms with Crippen molar-refractivity contribution in [2.24, 2.45) is 0 Å². The highest BCUT2D eigenvalue weighted by atomic mass is 32.2. The van der Waals surface area contributed by atoms with Crippen LogP contribution in [-0.2, 0) is 65.2 Å². The summed E-state index contributed by atoms with van der Waals surface area (Å²) in [6.07, 6.45) is 0.285. The zero-order valence-electron chi connectivity index (χ0n) is 40.6. The van der Waals surface area contributed by atoms with E-state index in [0.717, 1.165) is 69.9 Å². The predicted molar refractivity (Wildman–Crippen MR) is 251 cm³/mol. The van der Waals surface area contributed by atoms with Gasteiger partial charge in [0.05, 0.1) is 45.9 Å². The summed E-state index contributed by atoms with van der Waals surface area (Å²) in [5.74, 6) is 0.516. The molecule has 2 aromatic carbocycles. The van der Waals surface area contributed by atoms with Gasteiger partial charge in [0.2, 0.25) is 0 Å². The first-order chi connectivity index (χ1) is 30.9. The van der Waals surface area contributed by atoms with Gasteiger partial charge in [0, 0.05) is 72.0 Å². The number of benzene rings is 2. The van der Waals surface area contributed by atoms with E-state index in [4.69, 9.17) is 42.1 Å². The minimum atomic E-state index is -3.82. The van der Waals surface area contributed by atoms with E-state index in [1.54, 1.807) is 45.0 Å². The van der Waals surface area contributed by atoms with Crippen LogP contribution in [0.15, 0.2) is 48.5 Å². The molecule has 0 bridgehead atoms. The first-order valence-corrected chi connectivity index (χ1v) is 24.7. The van der Waals surface area contributed by atoms with E-state index in [0.29, 0.717) is 83.8 Å². The van der Waals surface area contributed by atoms with Crippen LogP contribution in [0.3, 0.4) is 0 Å². The smallest absolute Gasteiger partial charge is 0.337 e. The average molecular weight is 941 g/mol. The van der Waals surface area contributed by atoms with Gasteiger partial charge in [0.1, 0.15) is 42.0 Å². The third-order valence-corrected chi connectivity index (χ3v) is 9.61. The van der Waals surface area contributed by atoms with Gasteiger partial charge in [-0.1, -0.05) is 24.3 Å². The Morgan fingerprint density at radius 2 is 0.954 bits per heavy atom. The van der Waals surface area contributed by atoms with Crippen LogP contribution in [0.4, 0.5) is 0 Å². The Balaban J connectivity index is 0.000000458. The second-order valence-corrected chi connectivity index (χ2v) is 18.8. The molecule has 0 unspecified atom stereocenters. The Hall–Kier alpha value is -3.43. The highest BCUT2D eigenvalue weighted by Gasteiger charge is 2.31. The van der Waals surface area contributed by atoms with Gasteiger partial charge in [-0.15, -0.1) is 0 Å². The summed E-state index contributed by atoms with van der Waals surface area (Å²) >= 11 is 0. The van der Waals surface area contributed by atoms with Crippen molar-refractivity contribution >= 4 is 22.1 Å². The van der Waals surface area contributed by atoms with E-state index in [2.05, 4.69) is 20.9 Å². The molecule has 0 spiro atoms. The van der Waals surface area contributed by atoms with Gasteiger partial charge in [-0.3, -0.25) is 13.9 Å². The average Bonchev–Trinajstić information content (AvgIpc) is 3.22. The Kier molecular flexibility index (Phi) is 28.7. The standard InChI is InChI=1S/C27H48N4O5.C20H32O8S/c1-5-33-18-19-34-20-21-35-24-8-6-23(7-9-24)22-25(26(32)36-27(2,3)4)31-16-14-29-12-10-28-11-13-30-15-17-31;1-6-24-11-12-25-13-14-26-17-9-7-16(8-10-17)15-18(28-29(5,22)23)19(21)27-20(2,3)4/h6-9,25,28-30H,5,10-22H2,1-4H3;7-10,18H,6,11-15H2,1-5H3/t25-;18-/m10/s1. The summed E-state index contributed by atoms with van der Waals surface area (Å²) in [7, 11) is -3.82. The maximum Gasteiger partial charge on any atom is 0.337 e. The first-order valence-electron chi connectivity index (χ1n) is 22.8. The van der Waals surface area contributed by atoms with Crippen molar-refractivity contribution in [3.63, 3.8) is 0 Å². The Morgan fingerprint density at radius 1 is 0.569 bits per heavy atom. The number of rotatable bonds is 25. The van der Waals surface area contributed by atoms with Gasteiger partial charge in [-0.05, 0) is 97.2 Å². The molecule has 1 aliphatic heterocycles. The van der Waals surface area contributed by atoms with Crippen molar-refractivity contribution < 1.29 is 60.1 Å². The molecule has 0 radical (unpaired) electrons. The van der Waals surface area contributed by atoms with Crippen LogP contribution in [0.1, 0.15) is 66.5 Å². The molecule has 3 N–H and O–H groups in total. The number of ether oxygens (including phenoxy) is 8. The fraction of sp³-hybridized carbons (Fsp3) is 0.702. The molecule has 0 amide bonds. The van der Waals surface area contributed by atoms with Crippen molar-refractivity contribution in [3.8, 4) is 11.5 Å². The van der Waals surface area contributed by atoms with E-state index in [1.165, 1.54) is 0 Å². The molecular formula is C47H80N4O13S. The molecule has 17 nitrogen and oxygen atoms in total. The summed E-state index contributed by atoms with van der Waals surface area (Å²) in [5, 5.41) is 10.4. The van der Waals surface area contributed by atoms with Crippen LogP contribution in [0.5, 0.6) is 11.5 Å². The molecule has 372 valence electrons. The Bertz CT molecular complexity index is 1660. The van der Waals surface area contributed by atoms with Gasteiger partial charge in [0.25, 0.3) is 10.1 Å². The molecule has 1 aliphatic rings. The molecule has 2 aromatic rings. The third-order valence-electron chi connectivity index (χ3n) is 9.03. The number of hydrogen-bond donors (Lipinski definition) is 3. The first kappa shape index (κ1) is 57.7. The van der Waals surface area contributed by atoms with Crippen molar-refractivity contribution in [1.82, 2.24) is 20.9 Å². The summed E-state index contributed by atoms with van der Waals surface area (Å²) in [4.78, 5) is 27.9. The quantitative estimate of drug-likeness (QED) is 0.0740. The van der Waals surface area contributed by atoms with Gasteiger partial charge < -0.3 is 53.8 Å². The highest BCUT2D eigenvalue weighted by Crippen LogP contribution is 2.20. The second-order valence-electron chi connectivity index (χ2n) is 17.2. The maximum absolute atomic E-state index is 13.3. The van der Waals surface area contributed by atoms with Gasteiger partial charge in [-0.25, -0.2) is 4.79 Å². The molecule has 0 saturated carbocycles. The number of carbonyl (C=O) groups is 2.